The molecule has 11 heteroatoms. The summed E-state index contributed by atoms with van der Waals surface area (Å²) in [5.74, 6) is 1.76. The zero-order valence-corrected chi connectivity index (χ0v) is 17.0. The van der Waals surface area contributed by atoms with E-state index in [2.05, 4.69) is 25.6 Å². The highest BCUT2D eigenvalue weighted by Crippen LogP contribution is 2.30. The van der Waals surface area contributed by atoms with Gasteiger partial charge in [0.25, 0.3) is 0 Å². The first-order valence-corrected chi connectivity index (χ1v) is 10.2. The fourth-order valence-electron chi connectivity index (χ4n) is 4.33. The van der Waals surface area contributed by atoms with Crippen LogP contribution in [0.3, 0.4) is 0 Å². The number of aromatic nitrogens is 7. The van der Waals surface area contributed by atoms with E-state index in [1.165, 1.54) is 0 Å². The first-order chi connectivity index (χ1) is 14.5. The van der Waals surface area contributed by atoms with Crippen molar-refractivity contribution >= 4 is 11.7 Å². The molecule has 5 rings (SSSR count). The largest absolute Gasteiger partial charge is 0.371 e. The number of likely N-dealkylation sites (N-methyl/N-ethyl adjacent to an activating group) is 1. The molecule has 5 heterocycles. The highest BCUT2D eigenvalue weighted by molar-refractivity contribution is 5.96. The number of aryl methyl sites for hydroxylation is 3. The minimum absolute atomic E-state index is 0.0542. The van der Waals surface area contributed by atoms with Crippen molar-refractivity contribution in [2.24, 2.45) is 7.05 Å². The average molecular weight is 411 g/mol. The maximum absolute atomic E-state index is 12.9. The first-order valence-electron chi connectivity index (χ1n) is 10.2. The maximum atomic E-state index is 12.9. The Kier molecular flexibility index (Phi) is 4.63. The Hall–Kier alpha value is -3.05. The van der Waals surface area contributed by atoms with Gasteiger partial charge in [-0.05, 0) is 19.3 Å². The van der Waals surface area contributed by atoms with E-state index in [4.69, 9.17) is 0 Å². The number of nitrogens with one attached hydrogen (secondary N) is 1. The Labute approximate surface area is 173 Å². The summed E-state index contributed by atoms with van der Waals surface area (Å²) in [6.07, 6.45) is 7.65. The van der Waals surface area contributed by atoms with Crippen LogP contribution in [0.15, 0.2) is 24.7 Å². The molecule has 0 spiro atoms. The minimum Gasteiger partial charge on any atom is -0.371 e. The van der Waals surface area contributed by atoms with E-state index < -0.39 is 12.3 Å². The molecular formula is C19H25N9O2. The zero-order valence-electron chi connectivity index (χ0n) is 17.0. The van der Waals surface area contributed by atoms with Crippen LogP contribution in [-0.4, -0.2) is 58.4 Å². The Morgan fingerprint density at radius 3 is 2.93 bits per heavy atom. The van der Waals surface area contributed by atoms with E-state index in [9.17, 15) is 9.90 Å². The molecule has 0 saturated carbocycles. The van der Waals surface area contributed by atoms with Gasteiger partial charge in [0.1, 0.15) is 11.6 Å². The second kappa shape index (κ2) is 7.33. The molecule has 2 unspecified atom stereocenters. The van der Waals surface area contributed by atoms with Gasteiger partial charge in [0.2, 0.25) is 5.91 Å². The molecule has 30 heavy (non-hydrogen) atoms. The van der Waals surface area contributed by atoms with E-state index in [0.717, 1.165) is 36.5 Å². The fourth-order valence-corrected chi connectivity index (χ4v) is 4.33. The van der Waals surface area contributed by atoms with Crippen molar-refractivity contribution < 1.29 is 9.90 Å². The van der Waals surface area contributed by atoms with E-state index in [1.807, 2.05) is 24.1 Å². The zero-order chi connectivity index (χ0) is 20.8. The SMILES string of the molecule is CN1C(=O)[C@@H](NC(O)c2nc3n(n2)C(c2cnn(C)c2)CCC3)CCn2nccc21. The van der Waals surface area contributed by atoms with Gasteiger partial charge in [-0.3, -0.25) is 19.7 Å². The third-order valence-corrected chi connectivity index (χ3v) is 5.90. The normalized spacial score (nSPS) is 22.5. The van der Waals surface area contributed by atoms with Gasteiger partial charge >= 0.3 is 0 Å². The predicted molar refractivity (Wildman–Crippen MR) is 106 cm³/mol. The monoisotopic (exact) mass is 411 g/mol. The van der Waals surface area contributed by atoms with Crippen LogP contribution in [0.25, 0.3) is 0 Å². The van der Waals surface area contributed by atoms with Gasteiger partial charge in [-0.1, -0.05) is 0 Å². The summed E-state index contributed by atoms with van der Waals surface area (Å²) in [6, 6.07) is 1.31. The Morgan fingerprint density at radius 2 is 2.13 bits per heavy atom. The Morgan fingerprint density at radius 1 is 1.27 bits per heavy atom. The van der Waals surface area contributed by atoms with Gasteiger partial charge in [0, 0.05) is 44.9 Å². The second-order valence-corrected chi connectivity index (χ2v) is 7.91. The number of fused-ring (bicyclic) bond motifs is 2. The topological polar surface area (TPSA) is 119 Å². The quantitative estimate of drug-likeness (QED) is 0.587. The molecule has 2 aliphatic heterocycles. The summed E-state index contributed by atoms with van der Waals surface area (Å²) in [5, 5.41) is 26.9. The number of rotatable bonds is 4. The van der Waals surface area contributed by atoms with Crippen molar-refractivity contribution in [2.45, 2.75) is 50.5 Å². The van der Waals surface area contributed by atoms with Crippen LogP contribution in [0.5, 0.6) is 0 Å². The van der Waals surface area contributed by atoms with Crippen molar-refractivity contribution in [3.8, 4) is 0 Å². The van der Waals surface area contributed by atoms with Crippen molar-refractivity contribution in [2.75, 3.05) is 11.9 Å². The number of nitrogens with zero attached hydrogens (tertiary/aromatic N) is 8. The standard InChI is InChI=1S/C19H25N9O2/c1-25-11-12(10-21-25)14-4-3-5-15-23-17(24-28(14)15)18(29)22-13-7-9-27-16(6-8-20-27)26(2)19(13)30/h6,8,10-11,13-14,18,22,29H,3-5,7,9H2,1-2H3/t13-,14?,18?/m0/s1. The van der Waals surface area contributed by atoms with Gasteiger partial charge < -0.3 is 5.11 Å². The van der Waals surface area contributed by atoms with Crippen LogP contribution < -0.4 is 10.2 Å². The summed E-state index contributed by atoms with van der Waals surface area (Å²) >= 11 is 0. The molecule has 0 bridgehead atoms. The molecule has 11 nitrogen and oxygen atoms in total. The number of carbonyl (C=O) groups is 1. The molecule has 0 saturated heterocycles. The van der Waals surface area contributed by atoms with Gasteiger partial charge in [-0.25, -0.2) is 14.3 Å². The lowest BCUT2D eigenvalue weighted by Gasteiger charge is -2.22. The van der Waals surface area contributed by atoms with E-state index in [-0.39, 0.29) is 11.9 Å². The van der Waals surface area contributed by atoms with Gasteiger partial charge in [0.15, 0.2) is 12.1 Å². The van der Waals surface area contributed by atoms with Gasteiger partial charge in [-0.2, -0.15) is 15.3 Å². The number of carbonyl (C=O) groups excluding carboxylic acids is 1. The average Bonchev–Trinajstić information content (AvgIpc) is 3.47. The lowest BCUT2D eigenvalue weighted by atomic mass is 10.0. The third-order valence-electron chi connectivity index (χ3n) is 5.90. The first kappa shape index (κ1) is 18.9. The molecule has 3 aromatic heterocycles. The Balaban J connectivity index is 1.35. The molecule has 0 aromatic carbocycles. The molecule has 0 radical (unpaired) electrons. The lowest BCUT2D eigenvalue weighted by molar-refractivity contribution is -0.121. The lowest BCUT2D eigenvalue weighted by Crippen LogP contribution is -2.45. The number of aliphatic hydroxyl groups excluding tert-OH is 1. The van der Waals surface area contributed by atoms with Crippen LogP contribution >= 0.6 is 0 Å². The van der Waals surface area contributed by atoms with Crippen LogP contribution in [0, 0.1) is 0 Å². The molecule has 2 aliphatic rings. The van der Waals surface area contributed by atoms with Crippen molar-refractivity contribution in [3.05, 3.63) is 41.9 Å². The third kappa shape index (κ3) is 3.19. The molecule has 2 N–H and O–H groups in total. The van der Waals surface area contributed by atoms with Crippen LogP contribution in [0.2, 0.25) is 0 Å². The summed E-state index contributed by atoms with van der Waals surface area (Å²) in [5.41, 5.74) is 1.08. The summed E-state index contributed by atoms with van der Waals surface area (Å²) < 4.78 is 5.45. The summed E-state index contributed by atoms with van der Waals surface area (Å²) in [7, 11) is 3.61. The van der Waals surface area contributed by atoms with Gasteiger partial charge in [0.05, 0.1) is 24.5 Å². The van der Waals surface area contributed by atoms with Crippen LogP contribution in [-0.2, 0) is 24.8 Å². The number of aliphatic hydroxyl groups is 1. The highest BCUT2D eigenvalue weighted by Gasteiger charge is 2.32. The number of hydrogen-bond donors (Lipinski definition) is 2. The molecular weight excluding hydrogens is 386 g/mol. The fraction of sp³-hybridized carbons (Fsp3) is 0.526. The predicted octanol–water partition coefficient (Wildman–Crippen LogP) is 0.150. The minimum atomic E-state index is -1.13. The van der Waals surface area contributed by atoms with Crippen LogP contribution in [0.4, 0.5) is 5.82 Å². The van der Waals surface area contributed by atoms with Gasteiger partial charge in [-0.15, -0.1) is 0 Å². The summed E-state index contributed by atoms with van der Waals surface area (Å²) in [6.45, 7) is 0.582. The number of amides is 1. The molecule has 3 aromatic rings. The van der Waals surface area contributed by atoms with Crippen molar-refractivity contribution in [1.29, 1.82) is 0 Å². The van der Waals surface area contributed by atoms with E-state index >= 15 is 0 Å². The Bertz CT molecular complexity index is 1070. The second-order valence-electron chi connectivity index (χ2n) is 7.91. The number of anilines is 1. The van der Waals surface area contributed by atoms with Crippen molar-refractivity contribution in [3.63, 3.8) is 0 Å². The molecule has 0 fully saturated rings. The molecule has 3 atom stereocenters. The smallest absolute Gasteiger partial charge is 0.245 e. The summed E-state index contributed by atoms with van der Waals surface area (Å²) in [4.78, 5) is 19.0. The van der Waals surface area contributed by atoms with E-state index in [1.54, 1.807) is 33.6 Å². The molecule has 0 aliphatic carbocycles. The number of hydrogen-bond acceptors (Lipinski definition) is 7. The van der Waals surface area contributed by atoms with Crippen molar-refractivity contribution in [1.82, 2.24) is 39.6 Å². The highest BCUT2D eigenvalue weighted by atomic mass is 16.3. The van der Waals surface area contributed by atoms with E-state index in [0.29, 0.717) is 18.8 Å². The maximum Gasteiger partial charge on any atom is 0.245 e. The molecule has 1 amide bonds. The van der Waals surface area contributed by atoms with Crippen LogP contribution in [0.1, 0.15) is 48.7 Å². The molecule has 158 valence electrons.